The maximum Gasteiger partial charge on any atom is 0.261 e. The van der Waals surface area contributed by atoms with Crippen LogP contribution in [-0.2, 0) is 11.2 Å². The fourth-order valence-corrected chi connectivity index (χ4v) is 4.98. The van der Waals surface area contributed by atoms with Gasteiger partial charge in [0.05, 0.1) is 41.5 Å². The Morgan fingerprint density at radius 1 is 0.939 bits per heavy atom. The Labute approximate surface area is 190 Å². The van der Waals surface area contributed by atoms with Gasteiger partial charge in [0.2, 0.25) is 0 Å². The highest BCUT2D eigenvalue weighted by molar-refractivity contribution is 6.06. The van der Waals surface area contributed by atoms with Crippen molar-refractivity contribution in [1.82, 2.24) is 14.5 Å². The Kier molecular flexibility index (Phi) is 4.89. The Morgan fingerprint density at radius 2 is 1.73 bits per heavy atom. The molecule has 3 heterocycles. The van der Waals surface area contributed by atoms with Crippen LogP contribution in [0.15, 0.2) is 78.0 Å². The van der Waals surface area contributed by atoms with E-state index in [2.05, 4.69) is 22.1 Å². The SMILES string of the molecule is O=c1c2cc(Cc3ccnc4ccccc34)c3ccccc3c2ncn1C1CCOCC1O. The number of hydrogen-bond acceptors (Lipinski definition) is 5. The summed E-state index contributed by atoms with van der Waals surface area (Å²) in [6.45, 7) is 0.748. The van der Waals surface area contributed by atoms with Crippen LogP contribution < -0.4 is 5.56 Å². The third-order valence-corrected chi connectivity index (χ3v) is 6.65. The van der Waals surface area contributed by atoms with Gasteiger partial charge in [-0.05, 0) is 47.6 Å². The molecule has 0 amide bonds. The van der Waals surface area contributed by atoms with Gasteiger partial charge >= 0.3 is 0 Å². The standard InChI is InChI=1S/C27H23N3O3/c31-25-15-33-12-10-24(25)30-16-29-26-21-7-2-1-5-19(21)18(14-22(26)27(30)32)13-17-9-11-28-23-8-4-3-6-20(17)23/h1-9,11,14,16,24-25,31H,10,12-13,15H2. The number of aromatic nitrogens is 3. The molecule has 0 radical (unpaired) electrons. The lowest BCUT2D eigenvalue weighted by atomic mass is 9.94. The maximum atomic E-state index is 13.6. The zero-order valence-corrected chi connectivity index (χ0v) is 18.0. The van der Waals surface area contributed by atoms with E-state index in [4.69, 9.17) is 4.74 Å². The number of aliphatic hydroxyl groups excluding tert-OH is 1. The van der Waals surface area contributed by atoms with Crippen molar-refractivity contribution >= 4 is 32.6 Å². The van der Waals surface area contributed by atoms with Crippen molar-refractivity contribution in [2.24, 2.45) is 0 Å². The lowest BCUT2D eigenvalue weighted by molar-refractivity contribution is -0.0395. The van der Waals surface area contributed by atoms with Crippen molar-refractivity contribution in [3.8, 4) is 0 Å². The Bertz CT molecular complexity index is 1550. The average Bonchev–Trinajstić information content (AvgIpc) is 2.86. The molecular weight excluding hydrogens is 414 g/mol. The summed E-state index contributed by atoms with van der Waals surface area (Å²) in [7, 11) is 0. The molecule has 1 saturated heterocycles. The molecular formula is C27H23N3O3. The Morgan fingerprint density at radius 3 is 2.58 bits per heavy atom. The highest BCUT2D eigenvalue weighted by atomic mass is 16.5. The number of rotatable bonds is 3. The van der Waals surface area contributed by atoms with E-state index < -0.39 is 6.10 Å². The first-order valence-corrected chi connectivity index (χ1v) is 11.2. The first-order valence-electron chi connectivity index (χ1n) is 11.2. The van der Waals surface area contributed by atoms with Crippen LogP contribution in [0, 0.1) is 0 Å². The topological polar surface area (TPSA) is 77.2 Å². The van der Waals surface area contributed by atoms with Gasteiger partial charge < -0.3 is 9.84 Å². The molecule has 1 N–H and O–H groups in total. The first-order chi connectivity index (χ1) is 16.2. The second-order valence-corrected chi connectivity index (χ2v) is 8.60. The number of nitrogens with zero attached hydrogens (tertiary/aromatic N) is 3. The highest BCUT2D eigenvalue weighted by Crippen LogP contribution is 2.30. The lowest BCUT2D eigenvalue weighted by Gasteiger charge is -2.29. The smallest absolute Gasteiger partial charge is 0.261 e. The summed E-state index contributed by atoms with van der Waals surface area (Å²) in [5, 5.41) is 14.1. The van der Waals surface area contributed by atoms with E-state index in [0.29, 0.717) is 30.4 Å². The minimum Gasteiger partial charge on any atom is -0.389 e. The third kappa shape index (κ3) is 3.39. The number of para-hydroxylation sites is 1. The molecule has 164 valence electrons. The van der Waals surface area contributed by atoms with Crippen LogP contribution >= 0.6 is 0 Å². The molecule has 0 spiro atoms. The van der Waals surface area contributed by atoms with Crippen molar-refractivity contribution in [3.63, 3.8) is 0 Å². The van der Waals surface area contributed by atoms with Crippen LogP contribution in [0.1, 0.15) is 23.6 Å². The molecule has 3 aromatic carbocycles. The third-order valence-electron chi connectivity index (χ3n) is 6.65. The van der Waals surface area contributed by atoms with Gasteiger partial charge in [-0.25, -0.2) is 4.98 Å². The Balaban J connectivity index is 1.56. The summed E-state index contributed by atoms with van der Waals surface area (Å²) in [5.41, 5.74) is 3.75. The molecule has 0 bridgehead atoms. The lowest BCUT2D eigenvalue weighted by Crippen LogP contribution is -2.39. The number of ether oxygens (including phenoxy) is 1. The quantitative estimate of drug-likeness (QED) is 0.432. The number of aliphatic hydroxyl groups is 1. The van der Waals surface area contributed by atoms with Crippen LogP contribution in [-0.4, -0.2) is 39.0 Å². The molecule has 6 nitrogen and oxygen atoms in total. The van der Waals surface area contributed by atoms with E-state index >= 15 is 0 Å². The normalized spacial score (nSPS) is 18.8. The van der Waals surface area contributed by atoms with Gasteiger partial charge in [0.25, 0.3) is 5.56 Å². The van der Waals surface area contributed by atoms with Crippen molar-refractivity contribution in [1.29, 1.82) is 0 Å². The van der Waals surface area contributed by atoms with Gasteiger partial charge in [0, 0.05) is 23.6 Å². The van der Waals surface area contributed by atoms with Gasteiger partial charge in [-0.3, -0.25) is 14.3 Å². The minimum absolute atomic E-state index is 0.127. The van der Waals surface area contributed by atoms with Gasteiger partial charge in [-0.15, -0.1) is 0 Å². The monoisotopic (exact) mass is 437 g/mol. The fraction of sp³-hybridized carbons (Fsp3) is 0.222. The Hall–Kier alpha value is -3.61. The van der Waals surface area contributed by atoms with Crippen LogP contribution in [0.3, 0.4) is 0 Å². The molecule has 0 saturated carbocycles. The van der Waals surface area contributed by atoms with E-state index in [-0.39, 0.29) is 18.2 Å². The maximum absolute atomic E-state index is 13.6. The minimum atomic E-state index is -0.723. The van der Waals surface area contributed by atoms with Crippen molar-refractivity contribution < 1.29 is 9.84 Å². The molecule has 0 aliphatic carbocycles. The summed E-state index contributed by atoms with van der Waals surface area (Å²) in [6, 6.07) is 19.9. The number of fused-ring (bicyclic) bond motifs is 4. The zero-order valence-electron chi connectivity index (χ0n) is 18.0. The largest absolute Gasteiger partial charge is 0.389 e. The molecule has 1 fully saturated rings. The predicted molar refractivity (Wildman–Crippen MR) is 129 cm³/mol. The fourth-order valence-electron chi connectivity index (χ4n) is 4.98. The van der Waals surface area contributed by atoms with Gasteiger partial charge in [-0.2, -0.15) is 0 Å². The average molecular weight is 437 g/mol. The van der Waals surface area contributed by atoms with E-state index in [1.807, 2.05) is 54.7 Å². The number of hydrogen-bond donors (Lipinski definition) is 1. The van der Waals surface area contributed by atoms with Crippen molar-refractivity contribution in [3.05, 3.63) is 94.7 Å². The number of pyridine rings is 1. The van der Waals surface area contributed by atoms with E-state index in [1.54, 1.807) is 10.9 Å². The molecule has 6 heteroatoms. The summed E-state index contributed by atoms with van der Waals surface area (Å²) in [6.07, 6.45) is 3.94. The summed E-state index contributed by atoms with van der Waals surface area (Å²) < 4.78 is 6.93. The van der Waals surface area contributed by atoms with Gasteiger partial charge in [0.1, 0.15) is 0 Å². The first kappa shape index (κ1) is 20.0. The molecule has 2 unspecified atom stereocenters. The van der Waals surface area contributed by atoms with Crippen LogP contribution in [0.4, 0.5) is 0 Å². The van der Waals surface area contributed by atoms with Crippen molar-refractivity contribution in [2.75, 3.05) is 13.2 Å². The second-order valence-electron chi connectivity index (χ2n) is 8.60. The van der Waals surface area contributed by atoms with Crippen molar-refractivity contribution in [2.45, 2.75) is 25.0 Å². The van der Waals surface area contributed by atoms with Crippen LogP contribution in [0.2, 0.25) is 0 Å². The van der Waals surface area contributed by atoms with Gasteiger partial charge in [0.15, 0.2) is 0 Å². The summed E-state index contributed by atoms with van der Waals surface area (Å²) in [4.78, 5) is 22.8. The zero-order chi connectivity index (χ0) is 22.4. The molecule has 1 aliphatic heterocycles. The molecule has 33 heavy (non-hydrogen) atoms. The number of benzene rings is 3. The summed E-state index contributed by atoms with van der Waals surface area (Å²) in [5.74, 6) is 0. The molecule has 2 atom stereocenters. The summed E-state index contributed by atoms with van der Waals surface area (Å²) >= 11 is 0. The highest BCUT2D eigenvalue weighted by Gasteiger charge is 2.27. The van der Waals surface area contributed by atoms with E-state index in [0.717, 1.165) is 32.8 Å². The molecule has 1 aliphatic rings. The second kappa shape index (κ2) is 8.06. The van der Waals surface area contributed by atoms with Gasteiger partial charge in [-0.1, -0.05) is 42.5 Å². The molecule has 6 rings (SSSR count). The van der Waals surface area contributed by atoms with Crippen LogP contribution in [0.25, 0.3) is 32.6 Å². The van der Waals surface area contributed by atoms with Crippen LogP contribution in [0.5, 0.6) is 0 Å². The van der Waals surface area contributed by atoms with E-state index in [1.165, 1.54) is 0 Å². The molecule has 5 aromatic rings. The van der Waals surface area contributed by atoms with E-state index in [9.17, 15) is 9.90 Å². The molecule has 2 aromatic heterocycles. The predicted octanol–water partition coefficient (Wildman–Crippen LogP) is 4.01.